The van der Waals surface area contributed by atoms with Gasteiger partial charge in [-0.2, -0.15) is 9.62 Å². The van der Waals surface area contributed by atoms with Gasteiger partial charge in [-0.15, -0.1) is 15.3 Å². The topological polar surface area (TPSA) is 87.7 Å². The molecule has 94 valence electrons. The van der Waals surface area contributed by atoms with E-state index in [1.54, 1.807) is 41.1 Å². The molecule has 0 spiro atoms. The summed E-state index contributed by atoms with van der Waals surface area (Å²) in [7, 11) is 0. The number of hydrazone groups is 1. The third-order valence-corrected chi connectivity index (χ3v) is 2.42. The van der Waals surface area contributed by atoms with E-state index in [0.717, 1.165) is 5.56 Å². The van der Waals surface area contributed by atoms with Crippen LogP contribution in [-0.2, 0) is 0 Å². The van der Waals surface area contributed by atoms with Gasteiger partial charge in [0.1, 0.15) is 12.1 Å². The SMILES string of the molecule is Oc1cccc(/C=N\Nc2ccc3nncn3n2)c1. The maximum atomic E-state index is 9.31. The largest absolute Gasteiger partial charge is 0.508 e. The highest BCUT2D eigenvalue weighted by Gasteiger charge is 1.97. The summed E-state index contributed by atoms with van der Waals surface area (Å²) < 4.78 is 1.55. The number of rotatable bonds is 3. The fraction of sp³-hybridized carbons (Fsp3) is 0. The summed E-state index contributed by atoms with van der Waals surface area (Å²) in [5.74, 6) is 0.775. The number of anilines is 1. The molecule has 0 atom stereocenters. The molecule has 0 bridgehead atoms. The van der Waals surface area contributed by atoms with Crippen LogP contribution in [0.15, 0.2) is 47.8 Å². The van der Waals surface area contributed by atoms with E-state index in [1.807, 2.05) is 6.07 Å². The van der Waals surface area contributed by atoms with Gasteiger partial charge in [0.25, 0.3) is 0 Å². The second kappa shape index (κ2) is 4.73. The molecule has 0 unspecified atom stereocenters. The molecule has 0 saturated heterocycles. The van der Waals surface area contributed by atoms with E-state index in [9.17, 15) is 5.11 Å². The standard InChI is InChI=1S/C12H10N6O/c19-10-3-1-2-9(6-10)7-13-15-11-4-5-12-16-14-8-18(12)17-11/h1-8,19H,(H,15,17)/b13-7-. The first-order valence-electron chi connectivity index (χ1n) is 5.56. The summed E-state index contributed by atoms with van der Waals surface area (Å²) in [4.78, 5) is 0. The van der Waals surface area contributed by atoms with E-state index in [-0.39, 0.29) is 5.75 Å². The Labute approximate surface area is 108 Å². The molecule has 0 fully saturated rings. The van der Waals surface area contributed by atoms with Crippen molar-refractivity contribution in [1.82, 2.24) is 19.8 Å². The molecule has 2 aromatic heterocycles. The molecule has 19 heavy (non-hydrogen) atoms. The molecule has 0 amide bonds. The maximum Gasteiger partial charge on any atom is 0.177 e. The fourth-order valence-corrected chi connectivity index (χ4v) is 1.57. The lowest BCUT2D eigenvalue weighted by molar-refractivity contribution is 0.475. The van der Waals surface area contributed by atoms with Crippen LogP contribution in [0.1, 0.15) is 5.56 Å². The van der Waals surface area contributed by atoms with Crippen molar-refractivity contribution in [3.63, 3.8) is 0 Å². The molecule has 7 nitrogen and oxygen atoms in total. The van der Waals surface area contributed by atoms with E-state index < -0.39 is 0 Å². The first-order chi connectivity index (χ1) is 9.31. The molecular formula is C12H10N6O. The van der Waals surface area contributed by atoms with E-state index in [2.05, 4.69) is 25.8 Å². The van der Waals surface area contributed by atoms with Crippen LogP contribution in [0.5, 0.6) is 5.75 Å². The summed E-state index contributed by atoms with van der Waals surface area (Å²) in [6.45, 7) is 0. The first-order valence-corrected chi connectivity index (χ1v) is 5.56. The van der Waals surface area contributed by atoms with Crippen LogP contribution >= 0.6 is 0 Å². The molecule has 3 rings (SSSR count). The minimum Gasteiger partial charge on any atom is -0.508 e. The molecule has 0 aliphatic rings. The van der Waals surface area contributed by atoms with Gasteiger partial charge in [0.15, 0.2) is 11.5 Å². The van der Waals surface area contributed by atoms with Crippen molar-refractivity contribution < 1.29 is 5.11 Å². The Morgan fingerprint density at radius 2 is 2.21 bits per heavy atom. The van der Waals surface area contributed by atoms with E-state index in [1.165, 1.54) is 6.33 Å². The molecule has 7 heteroatoms. The molecular weight excluding hydrogens is 244 g/mol. The molecule has 0 aliphatic carbocycles. The molecule has 3 aromatic rings. The van der Waals surface area contributed by atoms with Gasteiger partial charge in [-0.3, -0.25) is 5.43 Å². The molecule has 2 N–H and O–H groups in total. The zero-order valence-corrected chi connectivity index (χ0v) is 9.80. The van der Waals surface area contributed by atoms with Gasteiger partial charge in [-0.1, -0.05) is 12.1 Å². The lowest BCUT2D eigenvalue weighted by Crippen LogP contribution is -1.98. The lowest BCUT2D eigenvalue weighted by atomic mass is 10.2. The Bertz CT molecular complexity index is 736. The van der Waals surface area contributed by atoms with Gasteiger partial charge in [0.05, 0.1) is 6.21 Å². The number of aromatic hydroxyl groups is 1. The van der Waals surface area contributed by atoms with E-state index in [0.29, 0.717) is 11.5 Å². The number of hydrogen-bond donors (Lipinski definition) is 2. The van der Waals surface area contributed by atoms with Gasteiger partial charge in [0, 0.05) is 0 Å². The number of phenols is 1. The van der Waals surface area contributed by atoms with Crippen LogP contribution in [0.4, 0.5) is 5.82 Å². The second-order valence-corrected chi connectivity index (χ2v) is 3.82. The fourth-order valence-electron chi connectivity index (χ4n) is 1.57. The Morgan fingerprint density at radius 1 is 1.26 bits per heavy atom. The number of benzene rings is 1. The van der Waals surface area contributed by atoms with E-state index in [4.69, 9.17) is 0 Å². The zero-order valence-electron chi connectivity index (χ0n) is 9.80. The van der Waals surface area contributed by atoms with Gasteiger partial charge < -0.3 is 5.11 Å². The monoisotopic (exact) mass is 254 g/mol. The lowest BCUT2D eigenvalue weighted by Gasteiger charge is -1.99. The van der Waals surface area contributed by atoms with Crippen molar-refractivity contribution in [3.05, 3.63) is 48.3 Å². The Morgan fingerprint density at radius 3 is 3.11 bits per heavy atom. The van der Waals surface area contributed by atoms with Crippen LogP contribution in [-0.4, -0.2) is 31.1 Å². The van der Waals surface area contributed by atoms with Gasteiger partial charge in [-0.05, 0) is 29.8 Å². The molecule has 0 saturated carbocycles. The second-order valence-electron chi connectivity index (χ2n) is 3.82. The summed E-state index contributed by atoms with van der Waals surface area (Å²) in [6, 6.07) is 10.3. The van der Waals surface area contributed by atoms with E-state index >= 15 is 0 Å². The Kier molecular flexibility index (Phi) is 2.77. The highest BCUT2D eigenvalue weighted by Crippen LogP contribution is 2.09. The smallest absolute Gasteiger partial charge is 0.177 e. The first kappa shape index (κ1) is 11.1. The molecule has 0 radical (unpaired) electrons. The number of hydrogen-bond acceptors (Lipinski definition) is 6. The Hall–Kier alpha value is -2.96. The highest BCUT2D eigenvalue weighted by molar-refractivity contribution is 5.80. The number of aromatic nitrogens is 4. The van der Waals surface area contributed by atoms with Crippen molar-refractivity contribution in [3.8, 4) is 5.75 Å². The predicted molar refractivity (Wildman–Crippen MR) is 70.1 cm³/mol. The van der Waals surface area contributed by atoms with Crippen molar-refractivity contribution in [2.24, 2.45) is 5.10 Å². The van der Waals surface area contributed by atoms with Crippen LogP contribution in [0.25, 0.3) is 5.65 Å². The number of phenolic OH excluding ortho intramolecular Hbond substituents is 1. The maximum absolute atomic E-state index is 9.31. The highest BCUT2D eigenvalue weighted by atomic mass is 16.3. The van der Waals surface area contributed by atoms with Crippen LogP contribution < -0.4 is 5.43 Å². The zero-order chi connectivity index (χ0) is 13.1. The third-order valence-electron chi connectivity index (χ3n) is 2.42. The van der Waals surface area contributed by atoms with Crippen LogP contribution in [0.2, 0.25) is 0 Å². The van der Waals surface area contributed by atoms with Crippen molar-refractivity contribution in [2.45, 2.75) is 0 Å². The quantitative estimate of drug-likeness (QED) is 0.543. The number of fused-ring (bicyclic) bond motifs is 1. The van der Waals surface area contributed by atoms with Crippen molar-refractivity contribution >= 4 is 17.7 Å². The molecule has 2 heterocycles. The molecule has 0 aliphatic heterocycles. The minimum atomic E-state index is 0.202. The van der Waals surface area contributed by atoms with Gasteiger partial charge >= 0.3 is 0 Å². The average molecular weight is 254 g/mol. The predicted octanol–water partition coefficient (Wildman–Crippen LogP) is 1.28. The molecule has 1 aromatic carbocycles. The van der Waals surface area contributed by atoms with Crippen LogP contribution in [0.3, 0.4) is 0 Å². The Balaban J connectivity index is 1.74. The number of nitrogens with one attached hydrogen (secondary N) is 1. The van der Waals surface area contributed by atoms with Crippen LogP contribution in [0, 0.1) is 0 Å². The van der Waals surface area contributed by atoms with Crippen molar-refractivity contribution in [1.29, 1.82) is 0 Å². The summed E-state index contributed by atoms with van der Waals surface area (Å²) in [5, 5.41) is 25.1. The third kappa shape index (κ3) is 2.49. The number of nitrogens with zero attached hydrogens (tertiary/aromatic N) is 5. The summed E-state index contributed by atoms with van der Waals surface area (Å²) in [6.07, 6.45) is 3.11. The van der Waals surface area contributed by atoms with Crippen molar-refractivity contribution in [2.75, 3.05) is 5.43 Å². The van der Waals surface area contributed by atoms with Gasteiger partial charge in [-0.25, -0.2) is 0 Å². The summed E-state index contributed by atoms with van der Waals surface area (Å²) >= 11 is 0. The van der Waals surface area contributed by atoms with Gasteiger partial charge in [0.2, 0.25) is 0 Å². The normalized spacial score (nSPS) is 11.2. The summed E-state index contributed by atoms with van der Waals surface area (Å²) in [5.41, 5.74) is 4.25. The average Bonchev–Trinajstić information content (AvgIpc) is 2.86. The minimum absolute atomic E-state index is 0.202.